The summed E-state index contributed by atoms with van der Waals surface area (Å²) in [6.45, 7) is 2.97. The Labute approximate surface area is 143 Å². The highest BCUT2D eigenvalue weighted by molar-refractivity contribution is 7.85. The molecule has 1 aromatic carbocycles. The van der Waals surface area contributed by atoms with E-state index in [0.29, 0.717) is 6.07 Å². The first-order valence-corrected chi connectivity index (χ1v) is 8.29. The third-order valence-corrected chi connectivity index (χ3v) is 4.49. The van der Waals surface area contributed by atoms with Gasteiger partial charge < -0.3 is 9.15 Å². The number of benzene rings is 1. The topological polar surface area (TPSA) is 94.3 Å². The summed E-state index contributed by atoms with van der Waals surface area (Å²) in [5.74, 6) is -1.12. The van der Waals surface area contributed by atoms with E-state index in [2.05, 4.69) is 15.5 Å². The van der Waals surface area contributed by atoms with Gasteiger partial charge in [0.25, 0.3) is 5.91 Å². The summed E-state index contributed by atoms with van der Waals surface area (Å²) in [6, 6.07) is 1.42. The number of hydrogen-bond acceptors (Lipinski definition) is 6. The fraction of sp³-hybridized carbons (Fsp3) is 0.357. The van der Waals surface area contributed by atoms with Gasteiger partial charge in [-0.25, -0.2) is 0 Å². The van der Waals surface area contributed by atoms with Gasteiger partial charge in [0, 0.05) is 12.7 Å². The number of nitrogens with zero attached hydrogens (tertiary/aromatic N) is 2. The summed E-state index contributed by atoms with van der Waals surface area (Å²) >= 11 is 0. The number of anilines is 1. The second kappa shape index (κ2) is 7.21. The molecule has 0 radical (unpaired) electrons. The largest absolute Gasteiger partial charge is 0.495 e. The molecule has 1 N–H and O–H groups in total. The van der Waals surface area contributed by atoms with E-state index < -0.39 is 39.1 Å². The van der Waals surface area contributed by atoms with Crippen molar-refractivity contribution in [3.8, 4) is 5.75 Å². The van der Waals surface area contributed by atoms with Crippen LogP contribution in [0, 0.1) is 6.92 Å². The van der Waals surface area contributed by atoms with Crippen LogP contribution >= 0.6 is 0 Å². The number of ether oxygens (including phenoxy) is 1. The molecule has 0 aliphatic rings. The molecule has 1 atom stereocenters. The van der Waals surface area contributed by atoms with Crippen molar-refractivity contribution in [3.63, 3.8) is 0 Å². The highest BCUT2D eigenvalue weighted by Crippen LogP contribution is 2.40. The van der Waals surface area contributed by atoms with Gasteiger partial charge in [0.05, 0.1) is 33.9 Å². The summed E-state index contributed by atoms with van der Waals surface area (Å²) in [7, 11) is -0.909. The van der Waals surface area contributed by atoms with Crippen molar-refractivity contribution >= 4 is 22.7 Å². The average Bonchev–Trinajstić information content (AvgIpc) is 2.96. The number of aryl methyl sites for hydroxylation is 1. The van der Waals surface area contributed by atoms with E-state index in [1.807, 2.05) is 0 Å². The van der Waals surface area contributed by atoms with Crippen LogP contribution < -0.4 is 10.1 Å². The summed E-state index contributed by atoms with van der Waals surface area (Å²) in [6.07, 6.45) is -4.74. The van der Waals surface area contributed by atoms with Crippen LogP contribution in [0.25, 0.3) is 0 Å². The van der Waals surface area contributed by atoms with E-state index in [-0.39, 0.29) is 23.2 Å². The monoisotopic (exact) mass is 377 g/mol. The maximum Gasteiger partial charge on any atom is 0.417 e. The summed E-state index contributed by atoms with van der Waals surface area (Å²) in [5.41, 5.74) is -1.35. The van der Waals surface area contributed by atoms with Gasteiger partial charge in [-0.1, -0.05) is 12.0 Å². The minimum atomic E-state index is -4.74. The molecule has 7 nitrogen and oxygen atoms in total. The van der Waals surface area contributed by atoms with E-state index in [4.69, 9.17) is 9.15 Å². The van der Waals surface area contributed by atoms with Gasteiger partial charge in [-0.15, -0.1) is 5.10 Å². The number of nitrogens with one attached hydrogen (secondary N) is 1. The smallest absolute Gasteiger partial charge is 0.417 e. The lowest BCUT2D eigenvalue weighted by Gasteiger charge is -2.17. The van der Waals surface area contributed by atoms with Crippen molar-refractivity contribution in [2.75, 3.05) is 18.2 Å². The number of hydrogen-bond donors (Lipinski definition) is 1. The zero-order valence-electron chi connectivity index (χ0n) is 13.4. The van der Waals surface area contributed by atoms with Crippen LogP contribution in [-0.2, 0) is 17.0 Å². The van der Waals surface area contributed by atoms with Crippen LogP contribution in [0.15, 0.2) is 21.4 Å². The molecular formula is C14H14F3N3O4S. The van der Waals surface area contributed by atoms with Crippen LogP contribution in [0.1, 0.15) is 28.7 Å². The Morgan fingerprint density at radius 2 is 2.04 bits per heavy atom. The SMILES string of the molecule is CCS(=O)c1c(C(F)(F)F)ccc(C(=O)Nc2nnc(C)o2)c1OC. The Bertz CT molecular complexity index is 820. The van der Waals surface area contributed by atoms with Gasteiger partial charge in [-0.2, -0.15) is 13.2 Å². The molecule has 0 saturated heterocycles. The Hall–Kier alpha value is -2.43. The number of rotatable bonds is 5. The van der Waals surface area contributed by atoms with Gasteiger partial charge in [0.15, 0.2) is 0 Å². The predicted molar refractivity (Wildman–Crippen MR) is 81.9 cm³/mol. The van der Waals surface area contributed by atoms with Crippen molar-refractivity contribution in [2.45, 2.75) is 24.9 Å². The maximum absolute atomic E-state index is 13.2. The molecule has 25 heavy (non-hydrogen) atoms. The first-order valence-electron chi connectivity index (χ1n) is 6.97. The van der Waals surface area contributed by atoms with Gasteiger partial charge in [0.2, 0.25) is 5.89 Å². The lowest BCUT2D eigenvalue weighted by atomic mass is 10.1. The number of carbonyl (C=O) groups excluding carboxylic acids is 1. The van der Waals surface area contributed by atoms with Gasteiger partial charge in [-0.3, -0.25) is 14.3 Å². The number of halogens is 3. The molecule has 1 heterocycles. The summed E-state index contributed by atoms with van der Waals surface area (Å²) in [4.78, 5) is 11.8. The second-order valence-corrected chi connectivity index (χ2v) is 6.41. The van der Waals surface area contributed by atoms with E-state index in [0.717, 1.165) is 13.2 Å². The number of methoxy groups -OCH3 is 1. The fourth-order valence-electron chi connectivity index (χ4n) is 2.05. The van der Waals surface area contributed by atoms with Crippen LogP contribution in [0.2, 0.25) is 0 Å². The Balaban J connectivity index is 2.55. The molecule has 2 aromatic rings. The first-order chi connectivity index (χ1) is 11.7. The second-order valence-electron chi connectivity index (χ2n) is 4.74. The molecule has 0 fully saturated rings. The van der Waals surface area contributed by atoms with Crippen LogP contribution in [0.5, 0.6) is 5.75 Å². The molecular weight excluding hydrogens is 363 g/mol. The molecule has 11 heteroatoms. The number of alkyl halides is 3. The third-order valence-electron chi connectivity index (χ3n) is 3.10. The van der Waals surface area contributed by atoms with Crippen molar-refractivity contribution in [2.24, 2.45) is 0 Å². The highest BCUT2D eigenvalue weighted by Gasteiger charge is 2.38. The molecule has 1 aromatic heterocycles. The van der Waals surface area contributed by atoms with Crippen molar-refractivity contribution in [3.05, 3.63) is 29.2 Å². The molecule has 0 bridgehead atoms. The molecule has 0 spiro atoms. The minimum Gasteiger partial charge on any atom is -0.495 e. The first kappa shape index (κ1) is 18.9. The van der Waals surface area contributed by atoms with E-state index in [1.54, 1.807) is 0 Å². The number of carbonyl (C=O) groups is 1. The zero-order valence-corrected chi connectivity index (χ0v) is 14.2. The van der Waals surface area contributed by atoms with E-state index in [1.165, 1.54) is 13.8 Å². The van der Waals surface area contributed by atoms with E-state index >= 15 is 0 Å². The molecule has 136 valence electrons. The quantitative estimate of drug-likeness (QED) is 0.861. The van der Waals surface area contributed by atoms with Gasteiger partial charge in [0.1, 0.15) is 5.75 Å². The number of amides is 1. The predicted octanol–water partition coefficient (Wildman–Crippen LogP) is 2.79. The summed E-state index contributed by atoms with van der Waals surface area (Å²) in [5, 5.41) is 9.35. The lowest BCUT2D eigenvalue weighted by Crippen LogP contribution is -2.18. The van der Waals surface area contributed by atoms with Gasteiger partial charge >= 0.3 is 12.2 Å². The fourth-order valence-corrected chi connectivity index (χ4v) is 3.17. The van der Waals surface area contributed by atoms with Crippen molar-refractivity contribution in [1.29, 1.82) is 0 Å². The van der Waals surface area contributed by atoms with Crippen molar-refractivity contribution < 1.29 is 31.3 Å². The van der Waals surface area contributed by atoms with Gasteiger partial charge in [-0.05, 0) is 12.1 Å². The maximum atomic E-state index is 13.2. The Morgan fingerprint density at radius 1 is 1.36 bits per heavy atom. The van der Waals surface area contributed by atoms with E-state index in [9.17, 15) is 22.2 Å². The molecule has 0 saturated carbocycles. The average molecular weight is 377 g/mol. The van der Waals surface area contributed by atoms with Crippen LogP contribution in [-0.4, -0.2) is 33.2 Å². The minimum absolute atomic E-state index is 0.0760. The highest BCUT2D eigenvalue weighted by atomic mass is 32.2. The molecule has 2 rings (SSSR count). The third kappa shape index (κ3) is 3.98. The van der Waals surface area contributed by atoms with Crippen LogP contribution in [0.4, 0.5) is 19.2 Å². The Morgan fingerprint density at radius 3 is 2.52 bits per heavy atom. The normalized spacial score (nSPS) is 12.7. The lowest BCUT2D eigenvalue weighted by molar-refractivity contribution is -0.140. The standard InChI is InChI=1S/C14H14F3N3O4S/c1-4-25(22)11-9(14(15,16)17)6-5-8(10(11)23-3)12(21)18-13-20-19-7(2)24-13/h5-6H,4H2,1-3H3,(H,18,20,21). The summed E-state index contributed by atoms with van der Waals surface area (Å²) < 4.78 is 61.8. The molecule has 0 aliphatic carbocycles. The molecule has 1 unspecified atom stereocenters. The van der Waals surface area contributed by atoms with Crippen LogP contribution in [0.3, 0.4) is 0 Å². The molecule has 0 aliphatic heterocycles. The zero-order chi connectivity index (χ0) is 18.8. The molecule has 1 amide bonds. The Kier molecular flexibility index (Phi) is 5.45. The number of aromatic nitrogens is 2. The van der Waals surface area contributed by atoms with Crippen molar-refractivity contribution in [1.82, 2.24) is 10.2 Å².